The molecule has 3 heteroatoms. The largest absolute Gasteiger partial charge is 0.337 e. The topological polar surface area (TPSA) is 49.9 Å². The van der Waals surface area contributed by atoms with Crippen LogP contribution in [0.25, 0.3) is 0 Å². The van der Waals surface area contributed by atoms with Crippen molar-refractivity contribution >= 4 is 0 Å². The van der Waals surface area contributed by atoms with Crippen LogP contribution in [-0.2, 0) is 0 Å². The van der Waals surface area contributed by atoms with Gasteiger partial charge in [-0.2, -0.15) is 0 Å². The molecule has 0 spiro atoms. The van der Waals surface area contributed by atoms with E-state index in [0.717, 1.165) is 0 Å². The molecule has 1 N–H and O–H groups in total. The highest BCUT2D eigenvalue weighted by Crippen LogP contribution is 1.64. The maximum atomic E-state index is 6.77. The molecule has 0 atom stereocenters. The Morgan fingerprint density at radius 2 is 2.57 bits per heavy atom. The van der Waals surface area contributed by atoms with E-state index in [2.05, 4.69) is 9.68 Å². The van der Waals surface area contributed by atoms with Crippen molar-refractivity contribution in [1.29, 1.82) is 5.41 Å². The number of nitrogens with zero attached hydrogens (tertiary/aromatic N) is 1. The molecular weight excluding hydrogens is 92.1 g/mol. The number of aromatic nitrogens is 1. The van der Waals surface area contributed by atoms with Crippen LogP contribution in [0.15, 0.2) is 22.9 Å². The van der Waals surface area contributed by atoms with Gasteiger partial charge in [-0.1, -0.05) is 5.16 Å². The Bertz CT molecular complexity index is 175. The zero-order valence-electron chi connectivity index (χ0n) is 3.59. The van der Waals surface area contributed by atoms with Gasteiger partial charge in [0.15, 0.2) is 0 Å². The summed E-state index contributed by atoms with van der Waals surface area (Å²) in [6, 6.07) is 3.17. The van der Waals surface area contributed by atoms with Gasteiger partial charge in [-0.15, -0.1) is 0 Å². The Morgan fingerprint density at radius 1 is 1.71 bits per heavy atom. The van der Waals surface area contributed by atoms with Crippen molar-refractivity contribution in [3.05, 3.63) is 23.9 Å². The van der Waals surface area contributed by atoms with Gasteiger partial charge in [0.1, 0.15) is 0 Å². The lowest BCUT2D eigenvalue weighted by Crippen LogP contribution is -1.94. The first-order valence-electron chi connectivity index (χ1n) is 1.85. The summed E-state index contributed by atoms with van der Waals surface area (Å²) in [6.45, 7) is 0. The molecule has 7 heavy (non-hydrogen) atoms. The van der Waals surface area contributed by atoms with Crippen molar-refractivity contribution in [2.75, 3.05) is 0 Å². The van der Waals surface area contributed by atoms with Gasteiger partial charge in [0.25, 0.3) is 0 Å². The van der Waals surface area contributed by atoms with E-state index < -0.39 is 0 Å². The van der Waals surface area contributed by atoms with Gasteiger partial charge in [-0.3, -0.25) is 5.41 Å². The van der Waals surface area contributed by atoms with Gasteiger partial charge in [0.2, 0.25) is 5.55 Å². The molecule has 1 aromatic heterocycles. The molecule has 0 aliphatic rings. The minimum absolute atomic E-state index is 0.0856. The predicted molar refractivity (Wildman–Crippen MR) is 22.4 cm³/mol. The van der Waals surface area contributed by atoms with Crippen molar-refractivity contribution in [1.82, 2.24) is 5.16 Å². The summed E-state index contributed by atoms with van der Waals surface area (Å²) >= 11 is 0. The fourth-order valence-electron chi connectivity index (χ4n) is 0.283. The molecule has 36 valence electrons. The summed E-state index contributed by atoms with van der Waals surface area (Å²) in [7, 11) is 0. The Labute approximate surface area is 40.1 Å². The summed E-state index contributed by atoms with van der Waals surface area (Å²) in [5, 5.41) is 10.1. The Hall–Kier alpha value is -1.12. The number of rotatable bonds is 0. The first-order valence-corrected chi connectivity index (χ1v) is 1.85. The Morgan fingerprint density at radius 3 is 2.86 bits per heavy atom. The van der Waals surface area contributed by atoms with Crippen LogP contribution in [0.2, 0.25) is 0 Å². The van der Waals surface area contributed by atoms with Crippen molar-refractivity contribution < 1.29 is 4.52 Å². The smallest absolute Gasteiger partial charge is 0.241 e. The van der Waals surface area contributed by atoms with Crippen LogP contribution >= 0.6 is 0 Å². The summed E-state index contributed by atoms with van der Waals surface area (Å²) < 4.78 is 4.34. The monoisotopic (exact) mass is 96.0 g/mol. The van der Waals surface area contributed by atoms with Crippen molar-refractivity contribution in [3.63, 3.8) is 0 Å². The summed E-state index contributed by atoms with van der Waals surface area (Å²) in [6.07, 6.45) is 1.48. The van der Waals surface area contributed by atoms with Crippen molar-refractivity contribution in [2.24, 2.45) is 0 Å². The van der Waals surface area contributed by atoms with E-state index in [1.54, 1.807) is 6.07 Å². The zero-order chi connectivity index (χ0) is 5.11. The number of hydrogen-bond donors (Lipinski definition) is 1. The molecule has 0 fully saturated rings. The maximum Gasteiger partial charge on any atom is 0.241 e. The molecule has 0 aliphatic heterocycles. The molecule has 3 nitrogen and oxygen atoms in total. The van der Waals surface area contributed by atoms with Crippen molar-refractivity contribution in [3.8, 4) is 0 Å². The molecule has 0 radical (unpaired) electrons. The normalized spacial score (nSPS) is 8.57. The van der Waals surface area contributed by atoms with Crippen LogP contribution in [0.4, 0.5) is 0 Å². The second-order valence-electron chi connectivity index (χ2n) is 1.07. The molecule has 0 saturated carbocycles. The van der Waals surface area contributed by atoms with E-state index in [1.165, 1.54) is 12.3 Å². The summed E-state index contributed by atoms with van der Waals surface area (Å²) in [5.74, 6) is 0. The Balaban J connectivity index is 3.28. The second kappa shape index (κ2) is 1.55. The average Bonchev–Trinajstić information content (AvgIpc) is 1.69. The van der Waals surface area contributed by atoms with Crippen LogP contribution in [-0.4, -0.2) is 5.16 Å². The van der Waals surface area contributed by atoms with Gasteiger partial charge in [-0.05, 0) is 6.07 Å². The van der Waals surface area contributed by atoms with Crippen LogP contribution in [0.1, 0.15) is 0 Å². The third-order valence-electron chi connectivity index (χ3n) is 0.546. The molecule has 1 rings (SSSR count). The standard InChI is InChI=1S/C4H4N2O/c5-4-2-1-3-6-7-4/h1-3,5H. The highest BCUT2D eigenvalue weighted by Gasteiger charge is 1.69. The van der Waals surface area contributed by atoms with Gasteiger partial charge >= 0.3 is 0 Å². The third kappa shape index (κ3) is 0.855. The van der Waals surface area contributed by atoms with Gasteiger partial charge < -0.3 is 4.52 Å². The lowest BCUT2D eigenvalue weighted by atomic mass is 10.6. The quantitative estimate of drug-likeness (QED) is 0.500. The summed E-state index contributed by atoms with van der Waals surface area (Å²) in [4.78, 5) is 0. The van der Waals surface area contributed by atoms with Crippen LogP contribution in [0, 0.1) is 5.41 Å². The lowest BCUT2D eigenvalue weighted by Gasteiger charge is -1.73. The minimum Gasteiger partial charge on any atom is -0.337 e. The molecule has 0 saturated heterocycles. The van der Waals surface area contributed by atoms with E-state index in [0.29, 0.717) is 0 Å². The van der Waals surface area contributed by atoms with Gasteiger partial charge in [-0.25, -0.2) is 0 Å². The molecule has 0 aromatic carbocycles. The molecular formula is C4H4N2O. The summed E-state index contributed by atoms with van der Waals surface area (Å²) in [5.41, 5.74) is 0.0856. The molecule has 0 unspecified atom stereocenters. The molecule has 1 heterocycles. The zero-order valence-corrected chi connectivity index (χ0v) is 3.59. The van der Waals surface area contributed by atoms with Crippen LogP contribution < -0.4 is 5.55 Å². The van der Waals surface area contributed by atoms with E-state index in [1.807, 2.05) is 0 Å². The first-order chi connectivity index (χ1) is 3.39. The van der Waals surface area contributed by atoms with E-state index in [-0.39, 0.29) is 5.55 Å². The van der Waals surface area contributed by atoms with E-state index in [9.17, 15) is 0 Å². The fraction of sp³-hybridized carbons (Fsp3) is 0. The second-order valence-corrected chi connectivity index (χ2v) is 1.07. The predicted octanol–water partition coefficient (Wildman–Crippen LogP) is 0.154. The third-order valence-corrected chi connectivity index (χ3v) is 0.546. The van der Waals surface area contributed by atoms with Gasteiger partial charge in [0, 0.05) is 6.07 Å². The van der Waals surface area contributed by atoms with E-state index >= 15 is 0 Å². The Kier molecular flexibility index (Phi) is 0.898. The lowest BCUT2D eigenvalue weighted by molar-refractivity contribution is 0.353. The maximum absolute atomic E-state index is 6.77. The fourth-order valence-corrected chi connectivity index (χ4v) is 0.283. The highest BCUT2D eigenvalue weighted by atomic mass is 16.5. The number of hydrogen-bond acceptors (Lipinski definition) is 3. The minimum atomic E-state index is 0.0856. The van der Waals surface area contributed by atoms with E-state index in [4.69, 9.17) is 5.41 Å². The van der Waals surface area contributed by atoms with Crippen LogP contribution in [0.3, 0.4) is 0 Å². The number of nitrogens with one attached hydrogen (secondary N) is 1. The SMILES string of the molecule is N=c1cccno1. The van der Waals surface area contributed by atoms with Crippen molar-refractivity contribution in [2.45, 2.75) is 0 Å². The molecule has 0 aliphatic carbocycles. The highest BCUT2D eigenvalue weighted by molar-refractivity contribution is 4.76. The van der Waals surface area contributed by atoms with Gasteiger partial charge in [0.05, 0.1) is 6.20 Å². The first kappa shape index (κ1) is 4.05. The average molecular weight is 96.1 g/mol. The van der Waals surface area contributed by atoms with Crippen LogP contribution in [0.5, 0.6) is 0 Å². The molecule has 1 aromatic rings. The molecule has 0 bridgehead atoms. The molecule has 0 amide bonds.